The largest absolute Gasteiger partial charge is 0.361 e. The molecule has 0 unspecified atom stereocenters. The quantitative estimate of drug-likeness (QED) is 0.227. The van der Waals surface area contributed by atoms with Crippen LogP contribution in [0.1, 0.15) is 0 Å². The normalized spacial score (nSPS) is 11.7. The summed E-state index contributed by atoms with van der Waals surface area (Å²) in [7, 11) is -1.10. The van der Waals surface area contributed by atoms with Crippen LogP contribution < -0.4 is 0 Å². The van der Waals surface area contributed by atoms with Crippen molar-refractivity contribution in [2.75, 3.05) is 12.9 Å². The molecule has 0 aliphatic carbocycles. The lowest BCUT2D eigenvalue weighted by atomic mass is 10.1. The Labute approximate surface area is 147 Å². The number of nitro groups is 1. The van der Waals surface area contributed by atoms with Crippen molar-refractivity contribution >= 4 is 25.5 Å². The van der Waals surface area contributed by atoms with Crippen molar-refractivity contribution in [3.05, 3.63) is 40.6 Å². The zero-order valence-corrected chi connectivity index (χ0v) is 16.3. The Hall–Kier alpha value is -1.64. The van der Waals surface area contributed by atoms with Crippen molar-refractivity contribution in [2.24, 2.45) is 0 Å². The van der Waals surface area contributed by atoms with Gasteiger partial charge >= 0.3 is 0 Å². The molecule has 0 atom stereocenters. The maximum atomic E-state index is 10.9. The number of non-ortho nitro benzene ring substituents is 1. The van der Waals surface area contributed by atoms with E-state index in [4.69, 9.17) is 4.74 Å². The van der Waals surface area contributed by atoms with Gasteiger partial charge in [-0.15, -0.1) is 0 Å². The van der Waals surface area contributed by atoms with Crippen LogP contribution in [0.5, 0.6) is 0 Å². The fourth-order valence-corrected chi connectivity index (χ4v) is 3.40. The van der Waals surface area contributed by atoms with Gasteiger partial charge < -0.3 is 9.30 Å². The predicted molar refractivity (Wildman–Crippen MR) is 100 cm³/mol. The van der Waals surface area contributed by atoms with Gasteiger partial charge in [-0.25, -0.2) is 4.98 Å². The Morgan fingerprint density at radius 1 is 1.38 bits per heavy atom. The highest BCUT2D eigenvalue weighted by Gasteiger charge is 2.14. The van der Waals surface area contributed by atoms with Crippen molar-refractivity contribution in [2.45, 2.75) is 37.6 Å². The molecule has 0 saturated heterocycles. The molecule has 0 amide bonds. The Balaban J connectivity index is 2.12. The number of nitro benzene ring substituents is 1. The maximum Gasteiger partial charge on any atom is 0.270 e. The Kier molecular flexibility index (Phi) is 6.19. The summed E-state index contributed by atoms with van der Waals surface area (Å²) in [6, 6.07) is 7.65. The molecule has 0 radical (unpaired) electrons. The SMILES string of the molecule is CSc1nc(-c2cccc([N+](=O)[O-])c2)cn1COCC[Si](C)(C)C. The van der Waals surface area contributed by atoms with Gasteiger partial charge in [0.2, 0.25) is 0 Å². The summed E-state index contributed by atoms with van der Waals surface area (Å²) in [5, 5.41) is 11.8. The molecular formula is C16H23N3O3SSi. The second-order valence-corrected chi connectivity index (χ2v) is 13.1. The summed E-state index contributed by atoms with van der Waals surface area (Å²) in [6.07, 6.45) is 3.84. The zero-order valence-electron chi connectivity index (χ0n) is 14.5. The zero-order chi connectivity index (χ0) is 17.7. The number of benzene rings is 1. The molecule has 0 fully saturated rings. The van der Waals surface area contributed by atoms with Gasteiger partial charge in [-0.1, -0.05) is 43.5 Å². The predicted octanol–water partition coefficient (Wildman–Crippen LogP) is 4.49. The van der Waals surface area contributed by atoms with E-state index in [0.29, 0.717) is 6.73 Å². The van der Waals surface area contributed by atoms with E-state index in [1.165, 1.54) is 17.8 Å². The summed E-state index contributed by atoms with van der Waals surface area (Å²) in [5.41, 5.74) is 1.52. The van der Waals surface area contributed by atoms with E-state index in [2.05, 4.69) is 24.6 Å². The van der Waals surface area contributed by atoms with Crippen LogP contribution in [0.4, 0.5) is 5.69 Å². The van der Waals surface area contributed by atoms with Gasteiger partial charge in [0, 0.05) is 38.6 Å². The molecule has 24 heavy (non-hydrogen) atoms. The summed E-state index contributed by atoms with van der Waals surface area (Å²) in [5.74, 6) is 0. The molecule has 0 aliphatic heterocycles. The molecule has 2 rings (SSSR count). The van der Waals surface area contributed by atoms with Gasteiger partial charge in [0.25, 0.3) is 5.69 Å². The summed E-state index contributed by atoms with van der Waals surface area (Å²) < 4.78 is 7.73. The molecule has 0 aliphatic rings. The van der Waals surface area contributed by atoms with Gasteiger partial charge in [-0.2, -0.15) is 0 Å². The standard InChI is InChI=1S/C16H23N3O3SSi/c1-23-16-17-15(13-6-5-7-14(10-13)19(20)21)11-18(16)12-22-8-9-24(2,3)4/h5-7,10-11H,8-9,12H2,1-4H3. The first kappa shape index (κ1) is 18.7. The molecule has 0 spiro atoms. The molecule has 0 bridgehead atoms. The molecule has 8 heteroatoms. The minimum Gasteiger partial charge on any atom is -0.361 e. The van der Waals surface area contributed by atoms with Crippen LogP contribution in [0.2, 0.25) is 25.7 Å². The maximum absolute atomic E-state index is 10.9. The van der Waals surface area contributed by atoms with Gasteiger partial charge in [-0.05, 0) is 12.3 Å². The number of aromatic nitrogens is 2. The number of imidazole rings is 1. The minimum atomic E-state index is -1.10. The first-order valence-electron chi connectivity index (χ1n) is 7.74. The third kappa shape index (κ3) is 5.18. The monoisotopic (exact) mass is 365 g/mol. The third-order valence-electron chi connectivity index (χ3n) is 3.50. The highest BCUT2D eigenvalue weighted by molar-refractivity contribution is 7.98. The third-order valence-corrected chi connectivity index (χ3v) is 5.90. The highest BCUT2D eigenvalue weighted by Crippen LogP contribution is 2.26. The fourth-order valence-electron chi connectivity index (χ4n) is 2.11. The van der Waals surface area contributed by atoms with Crippen molar-refractivity contribution in [1.29, 1.82) is 0 Å². The highest BCUT2D eigenvalue weighted by atomic mass is 32.2. The molecule has 1 aromatic carbocycles. The Bertz CT molecular complexity index is 713. The summed E-state index contributed by atoms with van der Waals surface area (Å²) in [4.78, 5) is 15.1. The average molecular weight is 366 g/mol. The molecule has 130 valence electrons. The van der Waals surface area contributed by atoms with E-state index < -0.39 is 13.0 Å². The van der Waals surface area contributed by atoms with Gasteiger partial charge in [-0.3, -0.25) is 10.1 Å². The number of thioether (sulfide) groups is 1. The van der Waals surface area contributed by atoms with Crippen molar-refractivity contribution in [3.8, 4) is 11.3 Å². The van der Waals surface area contributed by atoms with Crippen LogP contribution in [0, 0.1) is 10.1 Å². The molecule has 2 aromatic rings. The van der Waals surface area contributed by atoms with Crippen LogP contribution in [0.15, 0.2) is 35.6 Å². The van der Waals surface area contributed by atoms with Gasteiger partial charge in [0.1, 0.15) is 6.73 Å². The van der Waals surface area contributed by atoms with E-state index in [1.807, 2.05) is 23.1 Å². The van der Waals surface area contributed by atoms with E-state index in [1.54, 1.807) is 12.1 Å². The lowest BCUT2D eigenvalue weighted by molar-refractivity contribution is -0.384. The number of nitrogens with zero attached hydrogens (tertiary/aromatic N) is 3. The summed E-state index contributed by atoms with van der Waals surface area (Å²) in [6.45, 7) is 8.15. The average Bonchev–Trinajstić information content (AvgIpc) is 2.94. The number of ether oxygens (including phenoxy) is 1. The van der Waals surface area contributed by atoms with E-state index in [9.17, 15) is 10.1 Å². The lowest BCUT2D eigenvalue weighted by Gasteiger charge is -2.15. The van der Waals surface area contributed by atoms with E-state index in [0.717, 1.165) is 29.1 Å². The van der Waals surface area contributed by atoms with Crippen LogP contribution >= 0.6 is 11.8 Å². The molecular weight excluding hydrogens is 342 g/mol. The van der Waals surface area contributed by atoms with Crippen LogP contribution in [-0.2, 0) is 11.5 Å². The minimum absolute atomic E-state index is 0.0686. The lowest BCUT2D eigenvalue weighted by Crippen LogP contribution is -2.22. The van der Waals surface area contributed by atoms with Gasteiger partial charge in [0.05, 0.1) is 10.6 Å². The number of hydrogen-bond donors (Lipinski definition) is 0. The second-order valence-electron chi connectivity index (χ2n) is 6.74. The van der Waals surface area contributed by atoms with E-state index >= 15 is 0 Å². The first-order valence-corrected chi connectivity index (χ1v) is 12.7. The molecule has 0 saturated carbocycles. The first-order chi connectivity index (χ1) is 11.3. The van der Waals surface area contributed by atoms with Crippen molar-refractivity contribution in [3.63, 3.8) is 0 Å². The topological polar surface area (TPSA) is 70.2 Å². The Morgan fingerprint density at radius 2 is 2.12 bits per heavy atom. The van der Waals surface area contributed by atoms with Crippen LogP contribution in [0.25, 0.3) is 11.3 Å². The Morgan fingerprint density at radius 3 is 2.75 bits per heavy atom. The smallest absolute Gasteiger partial charge is 0.270 e. The summed E-state index contributed by atoms with van der Waals surface area (Å²) >= 11 is 1.53. The molecule has 6 nitrogen and oxygen atoms in total. The molecule has 1 aromatic heterocycles. The number of rotatable bonds is 8. The molecule has 1 heterocycles. The second kappa shape index (κ2) is 7.95. The fraction of sp³-hybridized carbons (Fsp3) is 0.438. The molecule has 0 N–H and O–H groups in total. The van der Waals surface area contributed by atoms with Gasteiger partial charge in [0.15, 0.2) is 5.16 Å². The number of hydrogen-bond acceptors (Lipinski definition) is 5. The van der Waals surface area contributed by atoms with Crippen molar-refractivity contribution < 1.29 is 9.66 Å². The van der Waals surface area contributed by atoms with Crippen LogP contribution in [0.3, 0.4) is 0 Å². The van der Waals surface area contributed by atoms with Crippen molar-refractivity contribution in [1.82, 2.24) is 9.55 Å². The van der Waals surface area contributed by atoms with Crippen LogP contribution in [-0.4, -0.2) is 35.4 Å². The van der Waals surface area contributed by atoms with E-state index in [-0.39, 0.29) is 5.69 Å².